The second-order valence-corrected chi connectivity index (χ2v) is 8.28. The monoisotopic (exact) mass is 411 g/mol. The second kappa shape index (κ2) is 8.45. The summed E-state index contributed by atoms with van der Waals surface area (Å²) in [4.78, 5) is 32.0. The van der Waals surface area contributed by atoms with Gasteiger partial charge in [-0.15, -0.1) is 0 Å². The number of nitrogens with one attached hydrogen (secondary N) is 1. The van der Waals surface area contributed by atoms with E-state index in [0.717, 1.165) is 23.0 Å². The summed E-state index contributed by atoms with van der Waals surface area (Å²) in [7, 11) is 0. The van der Waals surface area contributed by atoms with E-state index in [0.29, 0.717) is 23.8 Å². The van der Waals surface area contributed by atoms with E-state index in [-0.39, 0.29) is 24.3 Å². The molecule has 0 aromatic heterocycles. The van der Waals surface area contributed by atoms with E-state index >= 15 is 0 Å². The van der Waals surface area contributed by atoms with Crippen LogP contribution in [-0.2, 0) is 14.3 Å². The number of amidine groups is 1. The van der Waals surface area contributed by atoms with Gasteiger partial charge in [-0.3, -0.25) is 4.79 Å². The van der Waals surface area contributed by atoms with Gasteiger partial charge in [0.25, 0.3) is 0 Å². The van der Waals surface area contributed by atoms with Crippen LogP contribution in [0.3, 0.4) is 0 Å². The summed E-state index contributed by atoms with van der Waals surface area (Å²) in [5.74, 6) is 0.271. The zero-order chi connectivity index (χ0) is 20.4. The fourth-order valence-electron chi connectivity index (χ4n) is 3.60. The number of allylic oxidation sites excluding steroid dienone is 1. The van der Waals surface area contributed by atoms with Gasteiger partial charge in [-0.1, -0.05) is 42.1 Å². The molecule has 0 radical (unpaired) electrons. The van der Waals surface area contributed by atoms with Crippen LogP contribution in [0.5, 0.6) is 0 Å². The molecule has 1 fully saturated rings. The van der Waals surface area contributed by atoms with E-state index in [1.165, 1.54) is 24.6 Å². The molecule has 1 aromatic carbocycles. The van der Waals surface area contributed by atoms with Gasteiger partial charge in [0.05, 0.1) is 30.3 Å². The van der Waals surface area contributed by atoms with Crippen LogP contribution >= 0.6 is 11.8 Å². The van der Waals surface area contributed by atoms with Crippen molar-refractivity contribution in [2.24, 2.45) is 10.9 Å². The standard InChI is InChI=1S/C22H25N3O3S/c1-3-28-21(27)19-14(2)24-22-25(20(19)16-7-5-4-6-8-16)17(13-29-22)11-18(26)23-12-15-9-10-15/h4-8,13,15,20H,3,9-12H2,1-2H3,(H,23,26). The quantitative estimate of drug-likeness (QED) is 0.692. The van der Waals surface area contributed by atoms with E-state index in [1.54, 1.807) is 6.92 Å². The Kier molecular flexibility index (Phi) is 5.76. The number of thioether (sulfide) groups is 1. The molecule has 1 unspecified atom stereocenters. The molecular formula is C22H25N3O3S. The largest absolute Gasteiger partial charge is 0.463 e. The van der Waals surface area contributed by atoms with Gasteiger partial charge in [-0.25, -0.2) is 9.79 Å². The molecule has 3 aliphatic rings. The molecule has 1 aromatic rings. The lowest BCUT2D eigenvalue weighted by Gasteiger charge is -2.36. The van der Waals surface area contributed by atoms with E-state index in [2.05, 4.69) is 10.3 Å². The zero-order valence-corrected chi connectivity index (χ0v) is 17.5. The van der Waals surface area contributed by atoms with Crippen LogP contribution in [0.15, 0.2) is 57.7 Å². The minimum absolute atomic E-state index is 0.000714. The molecule has 2 heterocycles. The maximum atomic E-state index is 12.8. The third-order valence-corrected chi connectivity index (χ3v) is 6.13. The summed E-state index contributed by atoms with van der Waals surface area (Å²) in [6.07, 6.45) is 2.66. The van der Waals surface area contributed by atoms with Crippen LogP contribution in [0.25, 0.3) is 0 Å². The number of carbonyl (C=O) groups is 2. The average molecular weight is 412 g/mol. The number of rotatable bonds is 7. The number of benzene rings is 1. The molecule has 0 bridgehead atoms. The van der Waals surface area contributed by atoms with Crippen molar-refractivity contribution in [1.82, 2.24) is 10.2 Å². The molecule has 0 spiro atoms. The van der Waals surface area contributed by atoms with Gasteiger partial charge >= 0.3 is 5.97 Å². The highest BCUT2D eigenvalue weighted by Gasteiger charge is 2.41. The Balaban J connectivity index is 1.64. The van der Waals surface area contributed by atoms with Crippen molar-refractivity contribution in [3.8, 4) is 0 Å². The Hall–Kier alpha value is -2.54. The molecule has 152 valence electrons. The lowest BCUT2D eigenvalue weighted by atomic mass is 9.94. The van der Waals surface area contributed by atoms with Crippen LogP contribution in [0.4, 0.5) is 0 Å². The summed E-state index contributed by atoms with van der Waals surface area (Å²) in [6, 6.07) is 9.48. The Morgan fingerprint density at radius 2 is 2.03 bits per heavy atom. The molecule has 0 saturated heterocycles. The first kappa shape index (κ1) is 19.8. The molecule has 1 atom stereocenters. The van der Waals surface area contributed by atoms with Gasteiger partial charge in [0.2, 0.25) is 5.91 Å². The smallest absolute Gasteiger partial charge is 0.338 e. The first-order valence-electron chi connectivity index (χ1n) is 10.0. The number of aliphatic imine (C=N–C) groups is 1. The molecule has 7 heteroatoms. The predicted molar refractivity (Wildman–Crippen MR) is 114 cm³/mol. The number of fused-ring (bicyclic) bond motifs is 1. The van der Waals surface area contributed by atoms with E-state index < -0.39 is 0 Å². The van der Waals surface area contributed by atoms with Crippen molar-refractivity contribution in [3.05, 3.63) is 58.3 Å². The third kappa shape index (κ3) is 4.24. The molecule has 1 N–H and O–H groups in total. The maximum Gasteiger partial charge on any atom is 0.338 e. The summed E-state index contributed by atoms with van der Waals surface area (Å²) >= 11 is 1.49. The van der Waals surface area contributed by atoms with Crippen molar-refractivity contribution >= 4 is 28.8 Å². The van der Waals surface area contributed by atoms with E-state index in [9.17, 15) is 9.59 Å². The minimum atomic E-state index is -0.365. The lowest BCUT2D eigenvalue weighted by molar-refractivity contribution is -0.139. The van der Waals surface area contributed by atoms with Gasteiger partial charge in [0.15, 0.2) is 5.17 Å². The number of hydrogen-bond acceptors (Lipinski definition) is 6. The molecule has 1 saturated carbocycles. The van der Waals surface area contributed by atoms with Crippen molar-refractivity contribution in [2.75, 3.05) is 13.2 Å². The number of esters is 1. The maximum absolute atomic E-state index is 12.8. The van der Waals surface area contributed by atoms with Crippen LogP contribution in [0, 0.1) is 5.92 Å². The molecule has 1 aliphatic carbocycles. The molecule has 1 amide bonds. The van der Waals surface area contributed by atoms with E-state index in [4.69, 9.17) is 4.74 Å². The Bertz CT molecular complexity index is 903. The summed E-state index contributed by atoms with van der Waals surface area (Å²) < 4.78 is 5.34. The van der Waals surface area contributed by atoms with Crippen LogP contribution < -0.4 is 5.32 Å². The molecular weight excluding hydrogens is 386 g/mol. The Labute approximate surface area is 175 Å². The normalized spacial score (nSPS) is 20.8. The summed E-state index contributed by atoms with van der Waals surface area (Å²) in [5.41, 5.74) is 3.00. The zero-order valence-electron chi connectivity index (χ0n) is 16.7. The first-order valence-corrected chi connectivity index (χ1v) is 10.9. The second-order valence-electron chi connectivity index (χ2n) is 7.45. The molecule has 29 heavy (non-hydrogen) atoms. The van der Waals surface area contributed by atoms with Crippen molar-refractivity contribution < 1.29 is 14.3 Å². The minimum Gasteiger partial charge on any atom is -0.463 e. The Morgan fingerprint density at radius 3 is 2.72 bits per heavy atom. The van der Waals surface area contributed by atoms with Crippen LogP contribution in [0.1, 0.15) is 44.7 Å². The summed E-state index contributed by atoms with van der Waals surface area (Å²) in [5, 5.41) is 5.78. The van der Waals surface area contributed by atoms with Crippen molar-refractivity contribution in [2.45, 2.75) is 39.2 Å². The number of ether oxygens (including phenoxy) is 1. The summed E-state index contributed by atoms with van der Waals surface area (Å²) in [6.45, 7) is 4.68. The van der Waals surface area contributed by atoms with Gasteiger partial charge < -0.3 is 15.0 Å². The lowest BCUT2D eigenvalue weighted by Crippen LogP contribution is -2.38. The van der Waals surface area contributed by atoms with Gasteiger partial charge in [-0.2, -0.15) is 0 Å². The third-order valence-electron chi connectivity index (χ3n) is 5.24. The average Bonchev–Trinajstić information content (AvgIpc) is 3.47. The highest BCUT2D eigenvalue weighted by Crippen LogP contribution is 2.44. The fraction of sp³-hybridized carbons (Fsp3) is 0.409. The Morgan fingerprint density at radius 1 is 1.28 bits per heavy atom. The van der Waals surface area contributed by atoms with E-state index in [1.807, 2.05) is 47.6 Å². The highest BCUT2D eigenvalue weighted by atomic mass is 32.2. The van der Waals surface area contributed by atoms with Crippen molar-refractivity contribution in [3.63, 3.8) is 0 Å². The van der Waals surface area contributed by atoms with Crippen LogP contribution in [0.2, 0.25) is 0 Å². The van der Waals surface area contributed by atoms with Crippen LogP contribution in [-0.4, -0.2) is 35.1 Å². The van der Waals surface area contributed by atoms with Gasteiger partial charge in [0.1, 0.15) is 0 Å². The topological polar surface area (TPSA) is 71.0 Å². The van der Waals surface area contributed by atoms with Crippen molar-refractivity contribution in [1.29, 1.82) is 0 Å². The predicted octanol–water partition coefficient (Wildman–Crippen LogP) is 3.74. The highest BCUT2D eigenvalue weighted by molar-refractivity contribution is 8.16. The van der Waals surface area contributed by atoms with Gasteiger partial charge in [0, 0.05) is 12.2 Å². The number of carbonyl (C=O) groups excluding carboxylic acids is 2. The number of hydrogen-bond donors (Lipinski definition) is 1. The SMILES string of the molecule is CCOC(=O)C1=C(C)N=C2SC=C(CC(=O)NCC3CC3)N2C1c1ccccc1. The number of nitrogens with zero attached hydrogens (tertiary/aromatic N) is 2. The number of amides is 1. The molecule has 4 rings (SSSR count). The molecule has 6 nitrogen and oxygen atoms in total. The molecule has 2 aliphatic heterocycles. The van der Waals surface area contributed by atoms with Gasteiger partial charge in [-0.05, 0) is 43.6 Å². The first-order chi connectivity index (χ1) is 14.1. The fourth-order valence-corrected chi connectivity index (χ4v) is 4.56.